The topological polar surface area (TPSA) is 30.5 Å². The zero-order chi connectivity index (χ0) is 12.0. The average Bonchev–Trinajstić information content (AvgIpc) is 2.31. The van der Waals surface area contributed by atoms with Crippen molar-refractivity contribution in [2.24, 2.45) is 0 Å². The first-order valence-electron chi connectivity index (χ1n) is 5.74. The van der Waals surface area contributed by atoms with Crippen molar-refractivity contribution in [1.82, 2.24) is 5.32 Å². The van der Waals surface area contributed by atoms with Gasteiger partial charge in [-0.3, -0.25) is 0 Å². The molecule has 0 spiro atoms. The zero-order valence-corrected chi connectivity index (χ0v) is 10.5. The van der Waals surface area contributed by atoms with Crippen molar-refractivity contribution in [3.8, 4) is 11.5 Å². The highest BCUT2D eigenvalue weighted by Gasteiger charge is 2.11. The van der Waals surface area contributed by atoms with Crippen molar-refractivity contribution < 1.29 is 9.47 Å². The minimum Gasteiger partial charge on any atom is -0.494 e. The van der Waals surface area contributed by atoms with Crippen LogP contribution in [0.3, 0.4) is 0 Å². The molecule has 90 valence electrons. The van der Waals surface area contributed by atoms with Gasteiger partial charge in [0.15, 0.2) is 0 Å². The fourth-order valence-electron chi connectivity index (χ4n) is 1.33. The summed E-state index contributed by atoms with van der Waals surface area (Å²) >= 11 is 0. The maximum atomic E-state index is 5.78. The van der Waals surface area contributed by atoms with Crippen LogP contribution in [0.1, 0.15) is 20.8 Å². The molecule has 0 saturated carbocycles. The SMILES string of the molecule is CCOc1ccc(OC(C)C(C)NC)cc1. The van der Waals surface area contributed by atoms with Crippen LogP contribution in [0.4, 0.5) is 0 Å². The number of benzene rings is 1. The van der Waals surface area contributed by atoms with Crippen LogP contribution < -0.4 is 14.8 Å². The molecular formula is C13H21NO2. The van der Waals surface area contributed by atoms with Gasteiger partial charge in [0.25, 0.3) is 0 Å². The molecule has 0 heterocycles. The molecule has 0 aliphatic rings. The molecule has 0 aliphatic heterocycles. The van der Waals surface area contributed by atoms with E-state index in [0.29, 0.717) is 12.6 Å². The number of hydrogen-bond donors (Lipinski definition) is 1. The molecule has 1 N–H and O–H groups in total. The molecule has 0 aromatic heterocycles. The first-order valence-corrected chi connectivity index (χ1v) is 5.74. The fraction of sp³-hybridized carbons (Fsp3) is 0.538. The van der Waals surface area contributed by atoms with E-state index >= 15 is 0 Å². The lowest BCUT2D eigenvalue weighted by Crippen LogP contribution is -2.36. The molecule has 0 saturated heterocycles. The Hall–Kier alpha value is -1.22. The summed E-state index contributed by atoms with van der Waals surface area (Å²) in [6, 6.07) is 8.05. The summed E-state index contributed by atoms with van der Waals surface area (Å²) in [7, 11) is 1.93. The van der Waals surface area contributed by atoms with Gasteiger partial charge in [-0.1, -0.05) is 0 Å². The van der Waals surface area contributed by atoms with Gasteiger partial charge >= 0.3 is 0 Å². The summed E-state index contributed by atoms with van der Waals surface area (Å²) in [5.74, 6) is 1.75. The van der Waals surface area contributed by atoms with E-state index in [9.17, 15) is 0 Å². The highest BCUT2D eigenvalue weighted by molar-refractivity contribution is 5.31. The van der Waals surface area contributed by atoms with E-state index in [1.165, 1.54) is 0 Å². The van der Waals surface area contributed by atoms with E-state index in [1.54, 1.807) is 0 Å². The second kappa shape index (κ2) is 6.38. The number of likely N-dealkylation sites (N-methyl/N-ethyl adjacent to an activating group) is 1. The lowest BCUT2D eigenvalue weighted by molar-refractivity contribution is 0.182. The van der Waals surface area contributed by atoms with Gasteiger partial charge in [0.05, 0.1) is 6.61 Å². The maximum absolute atomic E-state index is 5.78. The van der Waals surface area contributed by atoms with Crippen LogP contribution in [0.2, 0.25) is 0 Å². The summed E-state index contributed by atoms with van der Waals surface area (Å²) in [5.41, 5.74) is 0. The second-order valence-corrected chi connectivity index (χ2v) is 3.80. The first kappa shape index (κ1) is 12.8. The number of nitrogens with one attached hydrogen (secondary N) is 1. The molecule has 0 radical (unpaired) electrons. The van der Waals surface area contributed by atoms with Crippen LogP contribution in [0.5, 0.6) is 11.5 Å². The first-order chi connectivity index (χ1) is 7.67. The van der Waals surface area contributed by atoms with Crippen molar-refractivity contribution in [1.29, 1.82) is 0 Å². The maximum Gasteiger partial charge on any atom is 0.120 e. The van der Waals surface area contributed by atoms with Crippen molar-refractivity contribution in [3.63, 3.8) is 0 Å². The molecule has 1 rings (SSSR count). The van der Waals surface area contributed by atoms with Gasteiger partial charge < -0.3 is 14.8 Å². The lowest BCUT2D eigenvalue weighted by atomic mass is 10.2. The van der Waals surface area contributed by atoms with E-state index in [2.05, 4.69) is 19.2 Å². The molecule has 1 aromatic rings. The van der Waals surface area contributed by atoms with E-state index in [0.717, 1.165) is 11.5 Å². The molecule has 3 heteroatoms. The van der Waals surface area contributed by atoms with Crippen molar-refractivity contribution in [2.45, 2.75) is 32.9 Å². The summed E-state index contributed by atoms with van der Waals surface area (Å²) < 4.78 is 11.1. The molecule has 1 aromatic carbocycles. The Morgan fingerprint density at radius 3 is 2.19 bits per heavy atom. The quantitative estimate of drug-likeness (QED) is 0.803. The molecule has 0 amide bonds. The van der Waals surface area contributed by atoms with Gasteiger partial charge in [-0.05, 0) is 52.1 Å². The molecular weight excluding hydrogens is 202 g/mol. The third-order valence-electron chi connectivity index (χ3n) is 2.62. The lowest BCUT2D eigenvalue weighted by Gasteiger charge is -2.21. The largest absolute Gasteiger partial charge is 0.494 e. The second-order valence-electron chi connectivity index (χ2n) is 3.80. The summed E-state index contributed by atoms with van der Waals surface area (Å²) in [4.78, 5) is 0. The molecule has 0 bridgehead atoms. The van der Waals surface area contributed by atoms with Crippen LogP contribution in [-0.2, 0) is 0 Å². The fourth-order valence-corrected chi connectivity index (χ4v) is 1.33. The van der Waals surface area contributed by atoms with Crippen molar-refractivity contribution >= 4 is 0 Å². The van der Waals surface area contributed by atoms with E-state index in [4.69, 9.17) is 9.47 Å². The number of hydrogen-bond acceptors (Lipinski definition) is 3. The smallest absolute Gasteiger partial charge is 0.120 e. The van der Waals surface area contributed by atoms with Crippen molar-refractivity contribution in [3.05, 3.63) is 24.3 Å². The predicted molar refractivity (Wildman–Crippen MR) is 66.2 cm³/mol. The normalized spacial score (nSPS) is 14.2. The van der Waals surface area contributed by atoms with Gasteiger partial charge in [0, 0.05) is 6.04 Å². The Bertz CT molecular complexity index is 297. The van der Waals surface area contributed by atoms with Crippen LogP contribution in [0, 0.1) is 0 Å². The number of rotatable bonds is 6. The minimum absolute atomic E-state index is 0.142. The average molecular weight is 223 g/mol. The molecule has 0 fully saturated rings. The summed E-state index contributed by atoms with van der Waals surface area (Å²) in [6.45, 7) is 6.81. The summed E-state index contributed by atoms with van der Waals surface area (Å²) in [6.07, 6.45) is 0.142. The van der Waals surface area contributed by atoms with Crippen LogP contribution in [0.25, 0.3) is 0 Å². The highest BCUT2D eigenvalue weighted by Crippen LogP contribution is 2.19. The molecule has 2 atom stereocenters. The Morgan fingerprint density at radius 1 is 1.12 bits per heavy atom. The summed E-state index contributed by atoms with van der Waals surface area (Å²) in [5, 5.41) is 3.17. The Morgan fingerprint density at radius 2 is 1.69 bits per heavy atom. The zero-order valence-electron chi connectivity index (χ0n) is 10.5. The molecule has 2 unspecified atom stereocenters. The van der Waals surface area contributed by atoms with Gasteiger partial charge in [0.1, 0.15) is 17.6 Å². The Balaban J connectivity index is 2.54. The third-order valence-corrected chi connectivity index (χ3v) is 2.62. The Kier molecular flexibility index (Phi) is 5.12. The third kappa shape index (κ3) is 3.74. The van der Waals surface area contributed by atoms with Crippen LogP contribution >= 0.6 is 0 Å². The van der Waals surface area contributed by atoms with Gasteiger partial charge in [0.2, 0.25) is 0 Å². The van der Waals surface area contributed by atoms with Crippen LogP contribution in [-0.4, -0.2) is 25.8 Å². The van der Waals surface area contributed by atoms with E-state index in [-0.39, 0.29) is 6.10 Å². The van der Waals surface area contributed by atoms with Crippen molar-refractivity contribution in [2.75, 3.05) is 13.7 Å². The van der Waals surface area contributed by atoms with E-state index in [1.807, 2.05) is 38.2 Å². The highest BCUT2D eigenvalue weighted by atomic mass is 16.5. The monoisotopic (exact) mass is 223 g/mol. The van der Waals surface area contributed by atoms with Gasteiger partial charge in [-0.25, -0.2) is 0 Å². The standard InChI is InChI=1S/C13H21NO2/c1-5-15-12-6-8-13(9-7-12)16-11(3)10(2)14-4/h6-11,14H,5H2,1-4H3. The Labute approximate surface area is 97.8 Å². The minimum atomic E-state index is 0.142. The van der Waals surface area contributed by atoms with Gasteiger partial charge in [-0.15, -0.1) is 0 Å². The molecule has 3 nitrogen and oxygen atoms in total. The molecule has 16 heavy (non-hydrogen) atoms. The van der Waals surface area contributed by atoms with E-state index < -0.39 is 0 Å². The number of ether oxygens (including phenoxy) is 2. The van der Waals surface area contributed by atoms with Gasteiger partial charge in [-0.2, -0.15) is 0 Å². The van der Waals surface area contributed by atoms with Crippen LogP contribution in [0.15, 0.2) is 24.3 Å². The predicted octanol–water partition coefficient (Wildman–Crippen LogP) is 2.46. The molecule has 0 aliphatic carbocycles.